The van der Waals surface area contributed by atoms with Gasteiger partial charge in [-0.3, -0.25) is 24.2 Å². The highest BCUT2D eigenvalue weighted by Crippen LogP contribution is 2.47. The van der Waals surface area contributed by atoms with Crippen LogP contribution in [-0.4, -0.2) is 46.0 Å². The minimum atomic E-state index is -1.14. The van der Waals surface area contributed by atoms with Gasteiger partial charge in [-0.2, -0.15) is 0 Å². The Kier molecular flexibility index (Phi) is 3.57. The molecule has 0 aliphatic carbocycles. The maximum atomic E-state index is 13.1. The van der Waals surface area contributed by atoms with E-state index in [1.165, 1.54) is 4.90 Å². The van der Waals surface area contributed by atoms with Gasteiger partial charge in [-0.05, 0) is 50.5 Å². The molecule has 0 saturated carbocycles. The minimum absolute atomic E-state index is 0.0972. The second-order valence-electron chi connectivity index (χ2n) is 8.74. The van der Waals surface area contributed by atoms with Gasteiger partial charge in [0, 0.05) is 33.0 Å². The number of carbonyl (C=O) groups excluding carboxylic acids is 3. The first-order chi connectivity index (χ1) is 16.5. The van der Waals surface area contributed by atoms with Crippen molar-refractivity contribution >= 4 is 60.8 Å². The first kappa shape index (κ1) is 19.4. The standard InChI is InChI=1S/C26H18N4O4/c27-9-29-23(31)15-5-1-11-12-2-6-17-22-18(26(34)30(10-28)25(17)33)8-4-14(20(12)22)13-3-7-16(24(29)32)21(15)19(11)13/h1-8,23,31H,9-10,27-28H2. The lowest BCUT2D eigenvalue weighted by Crippen LogP contribution is -2.43. The fraction of sp³-hybridized carbons (Fsp3) is 0.115. The van der Waals surface area contributed by atoms with Crippen molar-refractivity contribution in [1.29, 1.82) is 0 Å². The number of benzene rings is 5. The molecule has 2 heterocycles. The van der Waals surface area contributed by atoms with Crippen LogP contribution in [0.1, 0.15) is 42.9 Å². The molecule has 5 aromatic rings. The predicted molar refractivity (Wildman–Crippen MR) is 127 cm³/mol. The number of hydrogen-bond acceptors (Lipinski definition) is 6. The molecular weight excluding hydrogens is 432 g/mol. The maximum Gasteiger partial charge on any atom is 0.262 e. The van der Waals surface area contributed by atoms with Gasteiger partial charge in [-0.15, -0.1) is 0 Å². The lowest BCUT2D eigenvalue weighted by Gasteiger charge is -2.33. The van der Waals surface area contributed by atoms with Crippen LogP contribution in [0.2, 0.25) is 0 Å². The van der Waals surface area contributed by atoms with Crippen molar-refractivity contribution in [2.45, 2.75) is 6.23 Å². The second kappa shape index (κ2) is 6.27. The van der Waals surface area contributed by atoms with Crippen LogP contribution in [-0.2, 0) is 0 Å². The summed E-state index contributed by atoms with van der Waals surface area (Å²) >= 11 is 0. The van der Waals surface area contributed by atoms with E-state index in [0.717, 1.165) is 37.2 Å². The van der Waals surface area contributed by atoms with Gasteiger partial charge in [0.25, 0.3) is 17.7 Å². The van der Waals surface area contributed by atoms with Gasteiger partial charge in [0.15, 0.2) is 6.23 Å². The fourth-order valence-electron chi connectivity index (χ4n) is 5.83. The molecule has 0 radical (unpaired) electrons. The Bertz CT molecular complexity index is 1710. The Morgan fingerprint density at radius 1 is 0.618 bits per heavy atom. The topological polar surface area (TPSA) is 130 Å². The van der Waals surface area contributed by atoms with Crippen molar-refractivity contribution in [3.8, 4) is 0 Å². The molecule has 0 aromatic heterocycles. The number of aliphatic hydroxyl groups is 1. The van der Waals surface area contributed by atoms with Gasteiger partial charge in [0.05, 0.1) is 13.3 Å². The van der Waals surface area contributed by atoms with Crippen LogP contribution in [0.15, 0.2) is 48.5 Å². The second-order valence-corrected chi connectivity index (χ2v) is 8.74. The number of rotatable bonds is 2. The Morgan fingerprint density at radius 2 is 1.09 bits per heavy atom. The number of carbonyl (C=O) groups is 3. The third-order valence-electron chi connectivity index (χ3n) is 7.33. The highest BCUT2D eigenvalue weighted by atomic mass is 16.3. The van der Waals surface area contributed by atoms with Crippen LogP contribution in [0.25, 0.3) is 43.1 Å². The van der Waals surface area contributed by atoms with Crippen LogP contribution in [0.4, 0.5) is 0 Å². The van der Waals surface area contributed by atoms with Gasteiger partial charge < -0.3 is 16.6 Å². The van der Waals surface area contributed by atoms with Crippen LogP contribution < -0.4 is 11.5 Å². The Morgan fingerprint density at radius 3 is 1.59 bits per heavy atom. The van der Waals surface area contributed by atoms with E-state index in [4.69, 9.17) is 11.5 Å². The van der Waals surface area contributed by atoms with E-state index in [2.05, 4.69) is 0 Å². The molecule has 3 amide bonds. The minimum Gasteiger partial charge on any atom is -0.369 e. The summed E-state index contributed by atoms with van der Waals surface area (Å²) in [4.78, 5) is 41.4. The summed E-state index contributed by atoms with van der Waals surface area (Å²) in [5, 5.41) is 17.4. The smallest absolute Gasteiger partial charge is 0.262 e. The summed E-state index contributed by atoms with van der Waals surface area (Å²) in [5.74, 6) is -1.13. The number of imide groups is 1. The quantitative estimate of drug-likeness (QED) is 0.215. The molecule has 1 unspecified atom stereocenters. The lowest BCUT2D eigenvalue weighted by molar-refractivity contribution is 0.00612. The maximum absolute atomic E-state index is 13.1. The molecule has 5 aromatic carbocycles. The van der Waals surface area contributed by atoms with E-state index < -0.39 is 18.0 Å². The predicted octanol–water partition coefficient (Wildman–Crippen LogP) is 2.61. The summed E-state index contributed by atoms with van der Waals surface area (Å²) in [6.07, 6.45) is -1.14. The number of aliphatic hydroxyl groups excluding tert-OH is 1. The van der Waals surface area contributed by atoms with E-state index in [0.29, 0.717) is 33.0 Å². The molecule has 0 saturated heterocycles. The van der Waals surface area contributed by atoms with Crippen LogP contribution in [0.3, 0.4) is 0 Å². The Balaban J connectivity index is 1.69. The molecule has 8 nitrogen and oxygen atoms in total. The normalized spacial score (nSPS) is 17.9. The summed E-state index contributed by atoms with van der Waals surface area (Å²) in [5.41, 5.74) is 13.4. The zero-order valence-electron chi connectivity index (χ0n) is 17.8. The van der Waals surface area contributed by atoms with Crippen molar-refractivity contribution in [3.63, 3.8) is 0 Å². The Labute approximate surface area is 192 Å². The molecule has 5 N–H and O–H groups in total. The molecule has 7 rings (SSSR count). The van der Waals surface area contributed by atoms with Crippen LogP contribution in [0, 0.1) is 0 Å². The molecular formula is C26H18N4O4. The summed E-state index contributed by atoms with van der Waals surface area (Å²) in [7, 11) is 0. The highest BCUT2D eigenvalue weighted by molar-refractivity contribution is 6.39. The third-order valence-corrected chi connectivity index (χ3v) is 7.33. The van der Waals surface area contributed by atoms with E-state index >= 15 is 0 Å². The van der Waals surface area contributed by atoms with Crippen molar-refractivity contribution in [2.75, 3.05) is 13.3 Å². The summed E-state index contributed by atoms with van der Waals surface area (Å²) in [6, 6.07) is 14.6. The molecule has 1 atom stereocenters. The summed E-state index contributed by atoms with van der Waals surface area (Å²) in [6.45, 7) is -0.286. The molecule has 2 aliphatic heterocycles. The van der Waals surface area contributed by atoms with Gasteiger partial charge in [-0.1, -0.05) is 30.3 Å². The zero-order chi connectivity index (χ0) is 23.5. The first-order valence-electron chi connectivity index (χ1n) is 10.9. The lowest BCUT2D eigenvalue weighted by atomic mass is 9.82. The van der Waals surface area contributed by atoms with Crippen molar-refractivity contribution in [3.05, 3.63) is 70.8 Å². The van der Waals surface area contributed by atoms with Crippen LogP contribution >= 0.6 is 0 Å². The van der Waals surface area contributed by atoms with Crippen molar-refractivity contribution in [2.24, 2.45) is 11.5 Å². The van der Waals surface area contributed by atoms with E-state index in [1.54, 1.807) is 18.2 Å². The number of hydrogen-bond donors (Lipinski definition) is 3. The van der Waals surface area contributed by atoms with E-state index in [-0.39, 0.29) is 19.2 Å². The van der Waals surface area contributed by atoms with Gasteiger partial charge in [0.2, 0.25) is 0 Å². The third kappa shape index (κ3) is 2.02. The van der Waals surface area contributed by atoms with E-state index in [1.807, 2.05) is 30.3 Å². The molecule has 166 valence electrons. The molecule has 0 spiro atoms. The average molecular weight is 450 g/mol. The fourth-order valence-corrected chi connectivity index (χ4v) is 5.83. The number of fused-ring (bicyclic) bond motifs is 2. The molecule has 34 heavy (non-hydrogen) atoms. The number of nitrogens with zero attached hydrogens (tertiary/aromatic N) is 2. The Hall–Kier alpha value is -4.11. The molecule has 0 bridgehead atoms. The SMILES string of the molecule is NCN1C(=O)c2ccc3c4ccc5c6c(ccc(c7ccc(c2c37)C1=O)c64)C(O)N(CN)C5=O. The van der Waals surface area contributed by atoms with Crippen LogP contribution in [0.5, 0.6) is 0 Å². The van der Waals surface area contributed by atoms with Gasteiger partial charge >= 0.3 is 0 Å². The molecule has 0 fully saturated rings. The van der Waals surface area contributed by atoms with Gasteiger partial charge in [0.1, 0.15) is 0 Å². The largest absolute Gasteiger partial charge is 0.369 e. The zero-order valence-corrected chi connectivity index (χ0v) is 17.8. The first-order valence-corrected chi connectivity index (χ1v) is 10.9. The van der Waals surface area contributed by atoms with E-state index in [9.17, 15) is 19.5 Å². The monoisotopic (exact) mass is 450 g/mol. The highest BCUT2D eigenvalue weighted by Gasteiger charge is 2.36. The number of amides is 3. The average Bonchev–Trinajstić information content (AvgIpc) is 2.85. The molecule has 2 aliphatic rings. The van der Waals surface area contributed by atoms with Crippen molar-refractivity contribution in [1.82, 2.24) is 9.80 Å². The van der Waals surface area contributed by atoms with Gasteiger partial charge in [-0.25, -0.2) is 0 Å². The number of nitrogens with two attached hydrogens (primary N) is 2. The summed E-state index contributed by atoms with van der Waals surface area (Å²) < 4.78 is 0. The molecule has 8 heteroatoms. The van der Waals surface area contributed by atoms with Crippen molar-refractivity contribution < 1.29 is 19.5 Å².